The van der Waals surface area contributed by atoms with Crippen LogP contribution >= 0.6 is 12.4 Å². The predicted molar refractivity (Wildman–Crippen MR) is 107 cm³/mol. The van der Waals surface area contributed by atoms with Crippen LogP contribution in [0.5, 0.6) is 0 Å². The number of piperidine rings is 1. The molecule has 2 atom stereocenters. The molecule has 6 heteroatoms. The Balaban J connectivity index is 0.00000243. The van der Waals surface area contributed by atoms with Crippen LogP contribution in [0.2, 0.25) is 0 Å². The van der Waals surface area contributed by atoms with Gasteiger partial charge in [0.05, 0.1) is 0 Å². The molecule has 1 aromatic carbocycles. The minimum Gasteiger partial charge on any atom is -0.339 e. The minimum absolute atomic E-state index is 0. The van der Waals surface area contributed by atoms with Crippen molar-refractivity contribution in [3.05, 3.63) is 29.8 Å². The number of nitrogens with zero attached hydrogens (tertiary/aromatic N) is 1. The first kappa shape index (κ1) is 20.7. The van der Waals surface area contributed by atoms with Crippen LogP contribution in [0, 0.1) is 11.8 Å². The number of anilines is 1. The van der Waals surface area contributed by atoms with Crippen molar-refractivity contribution >= 4 is 29.9 Å². The molecule has 1 aromatic rings. The summed E-state index contributed by atoms with van der Waals surface area (Å²) in [5, 5.41) is 6.37. The molecule has 0 bridgehead atoms. The second kappa shape index (κ2) is 9.93. The van der Waals surface area contributed by atoms with Crippen molar-refractivity contribution in [1.82, 2.24) is 10.2 Å². The Hall–Kier alpha value is -1.59. The highest BCUT2D eigenvalue weighted by Crippen LogP contribution is 2.23. The number of benzene rings is 1. The first-order valence-corrected chi connectivity index (χ1v) is 9.53. The minimum atomic E-state index is 0. The maximum Gasteiger partial charge on any atom is 0.253 e. The van der Waals surface area contributed by atoms with E-state index in [4.69, 9.17) is 0 Å². The number of amides is 2. The van der Waals surface area contributed by atoms with Crippen LogP contribution in [0.25, 0.3) is 0 Å². The summed E-state index contributed by atoms with van der Waals surface area (Å²) in [4.78, 5) is 26.5. The van der Waals surface area contributed by atoms with Gasteiger partial charge in [0.2, 0.25) is 5.91 Å². The molecule has 2 amide bonds. The SMILES string of the molecule is CC(CC(=O)Nc1ccc(C(=O)N2CCCC2)cc1)C1CCCNC1.Cl. The number of halogens is 1. The van der Waals surface area contributed by atoms with Crippen LogP contribution in [0.3, 0.4) is 0 Å². The van der Waals surface area contributed by atoms with E-state index >= 15 is 0 Å². The van der Waals surface area contributed by atoms with Gasteiger partial charge in [0.1, 0.15) is 0 Å². The number of carbonyl (C=O) groups is 2. The molecular weight excluding hydrogens is 350 g/mol. The summed E-state index contributed by atoms with van der Waals surface area (Å²) in [6, 6.07) is 7.28. The average Bonchev–Trinajstić information content (AvgIpc) is 3.17. The zero-order chi connectivity index (χ0) is 17.6. The molecular formula is C20H30ClN3O2. The molecule has 2 unspecified atom stereocenters. The molecule has 2 aliphatic heterocycles. The zero-order valence-corrected chi connectivity index (χ0v) is 16.3. The molecule has 26 heavy (non-hydrogen) atoms. The van der Waals surface area contributed by atoms with Gasteiger partial charge in [-0.1, -0.05) is 6.92 Å². The smallest absolute Gasteiger partial charge is 0.253 e. The van der Waals surface area contributed by atoms with Gasteiger partial charge >= 0.3 is 0 Å². The molecule has 2 N–H and O–H groups in total. The molecule has 0 aliphatic carbocycles. The summed E-state index contributed by atoms with van der Waals surface area (Å²) in [5.74, 6) is 1.11. The van der Waals surface area contributed by atoms with E-state index in [1.807, 2.05) is 29.2 Å². The van der Waals surface area contributed by atoms with Crippen LogP contribution in [0.15, 0.2) is 24.3 Å². The molecule has 2 heterocycles. The van der Waals surface area contributed by atoms with Crippen molar-refractivity contribution in [3.8, 4) is 0 Å². The molecule has 0 saturated carbocycles. The summed E-state index contributed by atoms with van der Waals surface area (Å²) in [7, 11) is 0. The van der Waals surface area contributed by atoms with Gasteiger partial charge in [-0.3, -0.25) is 9.59 Å². The lowest BCUT2D eigenvalue weighted by atomic mass is 9.85. The van der Waals surface area contributed by atoms with E-state index in [0.717, 1.165) is 44.7 Å². The topological polar surface area (TPSA) is 61.4 Å². The van der Waals surface area contributed by atoms with Gasteiger partial charge in [-0.2, -0.15) is 0 Å². The molecule has 2 saturated heterocycles. The Morgan fingerprint density at radius 3 is 2.50 bits per heavy atom. The van der Waals surface area contributed by atoms with E-state index in [9.17, 15) is 9.59 Å². The zero-order valence-electron chi connectivity index (χ0n) is 15.5. The second-order valence-corrected chi connectivity index (χ2v) is 7.41. The van der Waals surface area contributed by atoms with Gasteiger partial charge in [-0.15, -0.1) is 12.4 Å². The Morgan fingerprint density at radius 2 is 1.88 bits per heavy atom. The maximum atomic E-state index is 12.3. The van der Waals surface area contributed by atoms with E-state index in [0.29, 0.717) is 23.8 Å². The third-order valence-corrected chi connectivity index (χ3v) is 5.46. The van der Waals surface area contributed by atoms with Gasteiger partial charge in [0, 0.05) is 30.8 Å². The largest absolute Gasteiger partial charge is 0.339 e. The third-order valence-electron chi connectivity index (χ3n) is 5.46. The number of carbonyl (C=O) groups excluding carboxylic acids is 2. The Labute approximate surface area is 162 Å². The third kappa shape index (κ3) is 5.45. The van der Waals surface area contributed by atoms with E-state index in [1.54, 1.807) is 0 Å². The monoisotopic (exact) mass is 379 g/mol. The Morgan fingerprint density at radius 1 is 1.19 bits per heavy atom. The van der Waals surface area contributed by atoms with Crippen molar-refractivity contribution in [2.75, 3.05) is 31.5 Å². The lowest BCUT2D eigenvalue weighted by Gasteiger charge is -2.28. The van der Waals surface area contributed by atoms with Crippen LogP contribution in [0.1, 0.15) is 49.4 Å². The highest BCUT2D eigenvalue weighted by molar-refractivity contribution is 5.96. The molecule has 0 aromatic heterocycles. The number of hydrogen-bond donors (Lipinski definition) is 2. The van der Waals surface area contributed by atoms with Crippen molar-refractivity contribution < 1.29 is 9.59 Å². The van der Waals surface area contributed by atoms with E-state index < -0.39 is 0 Å². The van der Waals surface area contributed by atoms with Gasteiger partial charge in [0.15, 0.2) is 0 Å². The molecule has 2 aliphatic rings. The highest BCUT2D eigenvalue weighted by atomic mass is 35.5. The number of likely N-dealkylation sites (tertiary alicyclic amines) is 1. The average molecular weight is 380 g/mol. The van der Waals surface area contributed by atoms with Crippen molar-refractivity contribution in [2.24, 2.45) is 11.8 Å². The van der Waals surface area contributed by atoms with Gasteiger partial charge in [0.25, 0.3) is 5.91 Å². The lowest BCUT2D eigenvalue weighted by Crippen LogP contribution is -2.34. The standard InChI is InChI=1S/C20H29N3O2.ClH/c1-15(17-5-4-10-21-14-17)13-19(24)22-18-8-6-16(7-9-18)20(25)23-11-2-3-12-23;/h6-9,15,17,21H,2-5,10-14H2,1H3,(H,22,24);1H. The molecule has 5 nitrogen and oxygen atoms in total. The van der Waals surface area contributed by atoms with Gasteiger partial charge in [-0.05, 0) is 74.9 Å². The predicted octanol–water partition coefficient (Wildman–Crippen LogP) is 3.31. The van der Waals surface area contributed by atoms with Gasteiger partial charge < -0.3 is 15.5 Å². The molecule has 144 valence electrons. The molecule has 0 radical (unpaired) electrons. The van der Waals surface area contributed by atoms with Crippen LogP contribution < -0.4 is 10.6 Å². The first-order valence-electron chi connectivity index (χ1n) is 9.53. The fourth-order valence-corrected chi connectivity index (χ4v) is 3.83. The summed E-state index contributed by atoms with van der Waals surface area (Å²) in [5.41, 5.74) is 1.46. The Bertz CT molecular complexity index is 594. The van der Waals surface area contributed by atoms with E-state index in [1.165, 1.54) is 12.8 Å². The van der Waals surface area contributed by atoms with Crippen LogP contribution in [-0.2, 0) is 4.79 Å². The van der Waals surface area contributed by atoms with Gasteiger partial charge in [-0.25, -0.2) is 0 Å². The fourth-order valence-electron chi connectivity index (χ4n) is 3.83. The van der Waals surface area contributed by atoms with E-state index in [2.05, 4.69) is 17.6 Å². The normalized spacial score (nSPS) is 21.0. The fraction of sp³-hybridized carbons (Fsp3) is 0.600. The molecule has 0 spiro atoms. The number of hydrogen-bond acceptors (Lipinski definition) is 3. The number of rotatable bonds is 5. The van der Waals surface area contributed by atoms with Crippen molar-refractivity contribution in [3.63, 3.8) is 0 Å². The summed E-state index contributed by atoms with van der Waals surface area (Å²) in [6.45, 7) is 5.98. The summed E-state index contributed by atoms with van der Waals surface area (Å²) in [6.07, 6.45) is 5.13. The van der Waals surface area contributed by atoms with Crippen molar-refractivity contribution in [1.29, 1.82) is 0 Å². The number of nitrogens with one attached hydrogen (secondary N) is 2. The van der Waals surface area contributed by atoms with E-state index in [-0.39, 0.29) is 24.2 Å². The van der Waals surface area contributed by atoms with Crippen molar-refractivity contribution in [2.45, 2.75) is 39.0 Å². The van der Waals surface area contributed by atoms with Crippen LogP contribution in [-0.4, -0.2) is 42.9 Å². The maximum absolute atomic E-state index is 12.3. The molecule has 3 rings (SSSR count). The quantitative estimate of drug-likeness (QED) is 0.825. The summed E-state index contributed by atoms with van der Waals surface area (Å²) < 4.78 is 0. The molecule has 2 fully saturated rings. The first-order chi connectivity index (χ1) is 12.1. The van der Waals surface area contributed by atoms with Crippen LogP contribution in [0.4, 0.5) is 5.69 Å². The highest BCUT2D eigenvalue weighted by Gasteiger charge is 2.22. The summed E-state index contributed by atoms with van der Waals surface area (Å²) >= 11 is 0. The lowest BCUT2D eigenvalue weighted by molar-refractivity contribution is -0.117. The Kier molecular flexibility index (Phi) is 7.91. The second-order valence-electron chi connectivity index (χ2n) is 7.41.